The fourth-order valence-corrected chi connectivity index (χ4v) is 4.18. The minimum absolute atomic E-state index is 0. The maximum atomic E-state index is 12.2. The zero-order valence-electron chi connectivity index (χ0n) is 17.5. The van der Waals surface area contributed by atoms with Gasteiger partial charge >= 0.3 is 68.9 Å². The van der Waals surface area contributed by atoms with E-state index < -0.39 is 0 Å². The van der Waals surface area contributed by atoms with Crippen molar-refractivity contribution in [2.24, 2.45) is 0 Å². The Morgan fingerprint density at radius 1 is 0.719 bits per heavy atom. The van der Waals surface area contributed by atoms with Crippen LogP contribution in [-0.4, -0.2) is 9.97 Å². The number of benzene rings is 3. The van der Waals surface area contributed by atoms with Gasteiger partial charge in [-0.25, -0.2) is 9.97 Å². The Balaban J connectivity index is 0.00000216. The molecule has 146 valence electrons. The molecule has 6 aromatic rings. The fourth-order valence-electron chi connectivity index (χ4n) is 4.18. The number of rotatable bonds is 2. The summed E-state index contributed by atoms with van der Waals surface area (Å²) < 4.78 is 0. The van der Waals surface area contributed by atoms with E-state index in [1.807, 2.05) is 36.4 Å². The van der Waals surface area contributed by atoms with Gasteiger partial charge in [0.15, 0.2) is 6.20 Å². The van der Waals surface area contributed by atoms with E-state index in [4.69, 9.17) is 4.98 Å². The molecule has 0 aliphatic carbocycles. The van der Waals surface area contributed by atoms with Gasteiger partial charge in [0.25, 0.3) is 0 Å². The van der Waals surface area contributed by atoms with Crippen LogP contribution < -0.4 is 79.0 Å². The quantitative estimate of drug-likeness (QED) is 0.322. The topological polar surface area (TPSA) is 63.0 Å². The van der Waals surface area contributed by atoms with Crippen LogP contribution in [0.5, 0.6) is 5.75 Å². The third kappa shape index (κ3) is 3.75. The van der Waals surface area contributed by atoms with Crippen LogP contribution >= 0.6 is 0 Å². The zero-order chi connectivity index (χ0) is 20.8. The third-order valence-corrected chi connectivity index (χ3v) is 5.70. The zero-order valence-corrected chi connectivity index (χ0v) is 23.8. The summed E-state index contributed by atoms with van der Waals surface area (Å²) in [6.45, 7) is 0. The van der Waals surface area contributed by atoms with E-state index in [0.717, 1.165) is 49.6 Å². The number of aromatic amines is 1. The van der Waals surface area contributed by atoms with Crippen molar-refractivity contribution in [3.8, 4) is 28.1 Å². The van der Waals surface area contributed by atoms with Gasteiger partial charge in [-0.15, -0.1) is 0 Å². The normalized spacial score (nSPS) is 11.0. The van der Waals surface area contributed by atoms with Crippen molar-refractivity contribution in [1.82, 2.24) is 9.97 Å². The van der Waals surface area contributed by atoms with Crippen molar-refractivity contribution in [1.29, 1.82) is 0 Å². The van der Waals surface area contributed by atoms with Crippen LogP contribution in [0.3, 0.4) is 0 Å². The molecule has 0 aliphatic rings. The molecule has 1 N–H and O–H groups in total. The average Bonchev–Trinajstić information content (AvgIpc) is 2.84. The summed E-state index contributed by atoms with van der Waals surface area (Å²) >= 11 is 0. The number of pyridine rings is 3. The third-order valence-electron chi connectivity index (χ3n) is 5.70. The first-order valence-corrected chi connectivity index (χ1v) is 10.1. The van der Waals surface area contributed by atoms with Crippen molar-refractivity contribution in [2.75, 3.05) is 0 Å². The van der Waals surface area contributed by atoms with E-state index >= 15 is 0 Å². The summed E-state index contributed by atoms with van der Waals surface area (Å²) in [6, 6.07) is 28.0. The molecule has 0 aliphatic heterocycles. The van der Waals surface area contributed by atoms with Crippen LogP contribution in [0.4, 0.5) is 0 Å². The van der Waals surface area contributed by atoms with Gasteiger partial charge in [0.2, 0.25) is 5.52 Å². The number of nitrogens with one attached hydrogen (secondary N) is 1. The Hall–Kier alpha value is -2.26. The number of aromatic nitrogens is 3. The van der Waals surface area contributed by atoms with Gasteiger partial charge in [0.05, 0.1) is 22.1 Å². The molecule has 0 unspecified atom stereocenters. The summed E-state index contributed by atoms with van der Waals surface area (Å²) in [5, 5.41) is 15.3. The molecule has 0 saturated carbocycles. The van der Waals surface area contributed by atoms with Crippen molar-refractivity contribution in [3.63, 3.8) is 0 Å². The fraction of sp³-hybridized carbons (Fsp3) is 0. The van der Waals surface area contributed by atoms with Crippen LogP contribution in [0.15, 0.2) is 97.3 Å². The van der Waals surface area contributed by atoms with Gasteiger partial charge in [-0.2, -0.15) is 0 Å². The van der Waals surface area contributed by atoms with E-state index in [1.165, 1.54) is 0 Å². The molecule has 0 fully saturated rings. The van der Waals surface area contributed by atoms with Crippen LogP contribution in [-0.2, 0) is 0 Å². The van der Waals surface area contributed by atoms with Crippen LogP contribution in [0.2, 0.25) is 0 Å². The maximum absolute atomic E-state index is 12.2. The number of nitrogens with zero attached hydrogens (tertiary/aromatic N) is 2. The van der Waals surface area contributed by atoms with Crippen molar-refractivity contribution < 1.29 is 79.0 Å². The standard InChI is InChI=1S/C27H17N3O.Cs/c31-24-13-11-21(22-7-3-15-29-27(22)24)19-4-1-5-20(16-19)23-12-10-18-9-8-17-6-2-14-28-25(17)26(18)30-23;/h1-16,31H;/q;+1. The monoisotopic (exact) mass is 532 g/mol. The molecule has 0 amide bonds. The Morgan fingerprint density at radius 2 is 1.53 bits per heavy atom. The second kappa shape index (κ2) is 8.94. The van der Waals surface area contributed by atoms with E-state index in [2.05, 4.69) is 52.4 Å². The Morgan fingerprint density at radius 3 is 2.44 bits per heavy atom. The number of hydrogen-bond acceptors (Lipinski definition) is 3. The Labute approximate surface area is 243 Å². The maximum Gasteiger partial charge on any atom is 1.00 e. The Kier molecular flexibility index (Phi) is 6.03. The van der Waals surface area contributed by atoms with Crippen LogP contribution in [0.25, 0.3) is 55.1 Å². The summed E-state index contributed by atoms with van der Waals surface area (Å²) in [5.41, 5.74) is 6.39. The summed E-state index contributed by atoms with van der Waals surface area (Å²) in [4.78, 5) is 12.6. The van der Waals surface area contributed by atoms with E-state index in [-0.39, 0.29) is 74.6 Å². The van der Waals surface area contributed by atoms with E-state index in [0.29, 0.717) is 5.52 Å². The molecular weight excluding hydrogens is 515 g/mol. The smallest absolute Gasteiger partial charge is 0.868 e. The predicted octanol–water partition coefficient (Wildman–Crippen LogP) is 2.16. The van der Waals surface area contributed by atoms with Crippen molar-refractivity contribution in [2.45, 2.75) is 0 Å². The van der Waals surface area contributed by atoms with Gasteiger partial charge in [-0.3, -0.25) is 4.98 Å². The molecule has 6 rings (SSSR count). The Bertz CT molecular complexity index is 1610. The molecule has 4 nitrogen and oxygen atoms in total. The summed E-state index contributed by atoms with van der Waals surface area (Å²) in [7, 11) is 0. The van der Waals surface area contributed by atoms with Crippen LogP contribution in [0.1, 0.15) is 0 Å². The van der Waals surface area contributed by atoms with E-state index in [1.54, 1.807) is 18.5 Å². The van der Waals surface area contributed by atoms with Gasteiger partial charge < -0.3 is 5.11 Å². The number of fused-ring (bicyclic) bond motifs is 4. The number of hydrogen-bond donors (Lipinski definition) is 0. The average molecular weight is 532 g/mol. The molecule has 3 aromatic carbocycles. The molecule has 0 spiro atoms. The second-order valence-electron chi connectivity index (χ2n) is 7.56. The molecule has 5 heteroatoms. The largest absolute Gasteiger partial charge is 1.00 e. The molecule has 0 bridgehead atoms. The first-order valence-electron chi connectivity index (χ1n) is 10.1. The van der Waals surface area contributed by atoms with Crippen LogP contribution in [0, 0.1) is 0 Å². The van der Waals surface area contributed by atoms with E-state index in [9.17, 15) is 5.11 Å². The minimum Gasteiger partial charge on any atom is -0.868 e. The van der Waals surface area contributed by atoms with Gasteiger partial charge in [0, 0.05) is 28.6 Å². The molecular formula is C27H17CsN3O+. The molecule has 0 saturated heterocycles. The predicted molar refractivity (Wildman–Crippen MR) is 121 cm³/mol. The first-order chi connectivity index (χ1) is 15.3. The molecule has 0 atom stereocenters. The van der Waals surface area contributed by atoms with Crippen molar-refractivity contribution >= 4 is 32.7 Å². The summed E-state index contributed by atoms with van der Waals surface area (Å²) in [6.07, 6.45) is 3.58. The first kappa shape index (κ1) is 21.6. The molecule has 3 heterocycles. The van der Waals surface area contributed by atoms with Crippen molar-refractivity contribution in [3.05, 3.63) is 97.3 Å². The molecule has 0 radical (unpaired) electrons. The van der Waals surface area contributed by atoms with Gasteiger partial charge in [-0.1, -0.05) is 54.6 Å². The second-order valence-corrected chi connectivity index (χ2v) is 7.56. The minimum atomic E-state index is -0.00826. The number of H-pyrrole nitrogens is 1. The molecule has 3 aromatic heterocycles. The SMILES string of the molecule is [Cs+].[O-]c1ccc(-c2cccc(-c3ccc4ccc5cccnc5c4n3)c2)c2ccc[nH+]c12. The summed E-state index contributed by atoms with van der Waals surface area (Å²) in [5.74, 6) is -0.00826. The molecule has 32 heavy (non-hydrogen) atoms. The van der Waals surface area contributed by atoms with Gasteiger partial charge in [0.1, 0.15) is 0 Å². The van der Waals surface area contributed by atoms with Gasteiger partial charge in [-0.05, 0) is 41.1 Å².